The highest BCUT2D eigenvalue weighted by atomic mass is 32.2. The third-order valence-electron chi connectivity index (χ3n) is 5.36. The lowest BCUT2D eigenvalue weighted by Crippen LogP contribution is -2.50. The number of hydrogen-bond acceptors (Lipinski definition) is 6. The van der Waals surface area contributed by atoms with E-state index >= 15 is 0 Å². The van der Waals surface area contributed by atoms with Gasteiger partial charge >= 0.3 is 6.03 Å². The fourth-order valence-electron chi connectivity index (χ4n) is 3.37. The average molecular weight is 471 g/mol. The molecule has 0 radical (unpaired) electrons. The predicted molar refractivity (Wildman–Crippen MR) is 122 cm³/mol. The first-order chi connectivity index (χ1) is 14.8. The van der Waals surface area contributed by atoms with Crippen molar-refractivity contribution in [2.75, 3.05) is 38.3 Å². The van der Waals surface area contributed by atoms with Crippen molar-refractivity contribution < 1.29 is 27.9 Å². The number of para-hydroxylation sites is 1. The normalized spacial score (nSPS) is 20.3. The SMILES string of the molecule is CC(C)NC(=O)Nc1cccc2c1O[C@@H](CN(C)S(C)(=O)=O)[C@@H](C)CN([C@H](C)CO)C2=O. The molecule has 3 N–H and O–H groups in total. The maximum atomic E-state index is 13.3. The molecular weight excluding hydrogens is 436 g/mol. The van der Waals surface area contributed by atoms with E-state index in [1.165, 1.54) is 11.4 Å². The number of aliphatic hydroxyl groups is 1. The van der Waals surface area contributed by atoms with Gasteiger partial charge < -0.3 is 25.4 Å². The molecular formula is C21H34N4O6S. The van der Waals surface area contributed by atoms with Gasteiger partial charge in [-0.05, 0) is 32.9 Å². The van der Waals surface area contributed by atoms with E-state index in [2.05, 4.69) is 10.6 Å². The molecule has 0 saturated heterocycles. The van der Waals surface area contributed by atoms with Gasteiger partial charge in [-0.1, -0.05) is 13.0 Å². The van der Waals surface area contributed by atoms with Crippen molar-refractivity contribution in [2.24, 2.45) is 5.92 Å². The summed E-state index contributed by atoms with van der Waals surface area (Å²) in [7, 11) is -2.00. The Labute approximate surface area is 190 Å². The van der Waals surface area contributed by atoms with Crippen molar-refractivity contribution >= 4 is 27.6 Å². The van der Waals surface area contributed by atoms with Gasteiger partial charge in [-0.3, -0.25) is 4.79 Å². The van der Waals surface area contributed by atoms with E-state index in [0.29, 0.717) is 5.69 Å². The summed E-state index contributed by atoms with van der Waals surface area (Å²) in [6.45, 7) is 7.34. The molecule has 10 nitrogen and oxygen atoms in total. The summed E-state index contributed by atoms with van der Waals surface area (Å²) in [5, 5.41) is 15.1. The number of fused-ring (bicyclic) bond motifs is 1. The molecule has 0 unspecified atom stereocenters. The van der Waals surface area contributed by atoms with E-state index in [-0.39, 0.29) is 48.9 Å². The van der Waals surface area contributed by atoms with E-state index in [9.17, 15) is 23.1 Å². The van der Waals surface area contributed by atoms with Crippen LogP contribution in [0.5, 0.6) is 5.75 Å². The van der Waals surface area contributed by atoms with Crippen molar-refractivity contribution in [3.63, 3.8) is 0 Å². The molecule has 180 valence electrons. The number of likely N-dealkylation sites (N-methyl/N-ethyl adjacent to an activating group) is 1. The molecule has 1 aliphatic heterocycles. The smallest absolute Gasteiger partial charge is 0.319 e. The van der Waals surface area contributed by atoms with Crippen molar-refractivity contribution in [1.82, 2.24) is 14.5 Å². The second-order valence-corrected chi connectivity index (χ2v) is 10.7. The van der Waals surface area contributed by atoms with Crippen LogP contribution in [0.4, 0.5) is 10.5 Å². The molecule has 3 atom stereocenters. The topological polar surface area (TPSA) is 128 Å². The number of anilines is 1. The first kappa shape index (κ1) is 25.9. The third kappa shape index (κ3) is 6.33. The van der Waals surface area contributed by atoms with Crippen LogP contribution in [0, 0.1) is 5.92 Å². The first-order valence-electron chi connectivity index (χ1n) is 10.6. The number of hydrogen-bond donors (Lipinski definition) is 3. The Bertz CT molecular complexity index is 936. The number of nitrogens with one attached hydrogen (secondary N) is 2. The Morgan fingerprint density at radius 1 is 1.34 bits per heavy atom. The van der Waals surface area contributed by atoms with Crippen molar-refractivity contribution in [2.45, 2.75) is 45.9 Å². The van der Waals surface area contributed by atoms with Gasteiger partial charge in [-0.15, -0.1) is 0 Å². The Morgan fingerprint density at radius 3 is 2.56 bits per heavy atom. The van der Waals surface area contributed by atoms with Crippen molar-refractivity contribution in [1.29, 1.82) is 0 Å². The Kier molecular flexibility index (Phi) is 8.49. The number of aliphatic hydroxyl groups excluding tert-OH is 1. The highest BCUT2D eigenvalue weighted by molar-refractivity contribution is 7.88. The Morgan fingerprint density at radius 2 is 2.00 bits per heavy atom. The molecule has 11 heteroatoms. The van der Waals surface area contributed by atoms with Crippen LogP contribution in [0.2, 0.25) is 0 Å². The summed E-state index contributed by atoms with van der Waals surface area (Å²) in [6, 6.07) is 3.84. The molecule has 0 aromatic heterocycles. The van der Waals surface area contributed by atoms with Gasteiger partial charge in [0.05, 0.1) is 36.7 Å². The van der Waals surface area contributed by atoms with Crippen molar-refractivity contribution in [3.05, 3.63) is 23.8 Å². The molecule has 0 spiro atoms. The molecule has 0 aliphatic carbocycles. The number of carbonyl (C=O) groups excluding carboxylic acids is 2. The molecule has 0 saturated carbocycles. The minimum Gasteiger partial charge on any atom is -0.486 e. The zero-order valence-electron chi connectivity index (χ0n) is 19.5. The summed E-state index contributed by atoms with van der Waals surface area (Å²) in [5.74, 6) is -0.427. The number of ether oxygens (including phenoxy) is 1. The maximum absolute atomic E-state index is 13.3. The summed E-state index contributed by atoms with van der Waals surface area (Å²) in [6.07, 6.45) is 0.507. The van der Waals surface area contributed by atoms with Crippen LogP contribution in [0.25, 0.3) is 0 Å². The van der Waals surface area contributed by atoms with E-state index in [4.69, 9.17) is 4.74 Å². The number of amides is 3. The van der Waals surface area contributed by atoms with Crippen LogP contribution < -0.4 is 15.4 Å². The largest absolute Gasteiger partial charge is 0.486 e. The molecule has 2 rings (SSSR count). The van der Waals surface area contributed by atoms with Gasteiger partial charge in [0.1, 0.15) is 6.10 Å². The molecule has 1 aliphatic rings. The minimum atomic E-state index is -3.46. The lowest BCUT2D eigenvalue weighted by Gasteiger charge is -2.38. The van der Waals surface area contributed by atoms with E-state index in [0.717, 1.165) is 6.26 Å². The Hall–Kier alpha value is -2.37. The lowest BCUT2D eigenvalue weighted by atomic mass is 9.99. The minimum absolute atomic E-state index is 0.0570. The summed E-state index contributed by atoms with van der Waals surface area (Å²) >= 11 is 0. The van der Waals surface area contributed by atoms with Gasteiger partial charge in [0.15, 0.2) is 5.75 Å². The maximum Gasteiger partial charge on any atom is 0.319 e. The zero-order chi connectivity index (χ0) is 24.2. The van der Waals surface area contributed by atoms with Gasteiger partial charge in [-0.2, -0.15) is 0 Å². The van der Waals surface area contributed by atoms with Crippen LogP contribution in [0.15, 0.2) is 18.2 Å². The molecule has 3 amide bonds. The summed E-state index contributed by atoms with van der Waals surface area (Å²) in [5.41, 5.74) is 0.526. The zero-order valence-corrected chi connectivity index (χ0v) is 20.3. The second-order valence-electron chi connectivity index (χ2n) is 8.60. The fraction of sp³-hybridized carbons (Fsp3) is 0.619. The number of nitrogens with zero attached hydrogens (tertiary/aromatic N) is 2. The molecule has 32 heavy (non-hydrogen) atoms. The summed E-state index contributed by atoms with van der Waals surface area (Å²) < 4.78 is 31.4. The number of urea groups is 1. The number of carbonyl (C=O) groups is 2. The monoisotopic (exact) mass is 470 g/mol. The molecule has 0 fully saturated rings. The van der Waals surface area contributed by atoms with Crippen LogP contribution >= 0.6 is 0 Å². The third-order valence-corrected chi connectivity index (χ3v) is 6.64. The molecule has 1 heterocycles. The van der Waals surface area contributed by atoms with Crippen LogP contribution in [0.1, 0.15) is 38.1 Å². The lowest BCUT2D eigenvalue weighted by molar-refractivity contribution is 0.0389. The van der Waals surface area contributed by atoms with Gasteiger partial charge in [-0.25, -0.2) is 17.5 Å². The highest BCUT2D eigenvalue weighted by Crippen LogP contribution is 2.35. The number of sulfonamides is 1. The second kappa shape index (κ2) is 10.5. The quantitative estimate of drug-likeness (QED) is 0.552. The number of benzene rings is 1. The number of rotatable bonds is 7. The first-order valence-corrected chi connectivity index (χ1v) is 12.4. The van der Waals surface area contributed by atoms with Crippen LogP contribution in [-0.2, 0) is 10.0 Å². The molecule has 0 bridgehead atoms. The standard InChI is InChI=1S/C21H34N4O6S/c1-13(2)22-21(28)23-17-9-7-8-16-19(17)31-18(11-24(5)32(6,29)30)14(3)10-25(20(16)27)15(4)12-26/h7-9,13-15,18,26H,10-12H2,1-6H3,(H2,22,23,28)/t14-,15+,18-/m0/s1. The van der Waals surface area contributed by atoms with Gasteiger partial charge in [0.25, 0.3) is 5.91 Å². The van der Waals surface area contributed by atoms with E-state index < -0.39 is 28.2 Å². The molecule has 1 aromatic rings. The van der Waals surface area contributed by atoms with E-state index in [1.807, 2.05) is 20.8 Å². The van der Waals surface area contributed by atoms with E-state index in [1.54, 1.807) is 30.0 Å². The van der Waals surface area contributed by atoms with Crippen LogP contribution in [0.3, 0.4) is 0 Å². The average Bonchev–Trinajstić information content (AvgIpc) is 2.69. The highest BCUT2D eigenvalue weighted by Gasteiger charge is 2.35. The fourth-order valence-corrected chi connectivity index (χ4v) is 3.79. The summed E-state index contributed by atoms with van der Waals surface area (Å²) in [4.78, 5) is 27.2. The predicted octanol–water partition coefficient (Wildman–Crippen LogP) is 1.33. The Balaban J connectivity index is 2.54. The van der Waals surface area contributed by atoms with Crippen molar-refractivity contribution in [3.8, 4) is 5.75 Å². The van der Waals surface area contributed by atoms with Gasteiger partial charge in [0, 0.05) is 25.6 Å². The van der Waals surface area contributed by atoms with Crippen LogP contribution in [-0.4, -0.2) is 85.9 Å². The molecule has 1 aromatic carbocycles. The van der Waals surface area contributed by atoms with Gasteiger partial charge in [0.2, 0.25) is 10.0 Å².